The smallest absolute Gasteiger partial charge is 0.243 e. The normalized spacial score (nSPS) is 17.3. The minimum atomic E-state index is -0.0817. The Labute approximate surface area is 91.0 Å². The highest BCUT2D eigenvalue weighted by Gasteiger charge is 2.24. The average Bonchev–Trinajstić information content (AvgIpc) is 2.21. The SMILES string of the molecule is CCCCCCCN1C(=O)CNCC1=O. The van der Waals surface area contributed by atoms with Gasteiger partial charge in [0, 0.05) is 6.54 Å². The molecule has 1 fully saturated rings. The van der Waals surface area contributed by atoms with E-state index in [9.17, 15) is 9.59 Å². The number of rotatable bonds is 6. The lowest BCUT2D eigenvalue weighted by Crippen LogP contribution is -2.52. The highest BCUT2D eigenvalue weighted by Crippen LogP contribution is 2.05. The fraction of sp³-hybridized carbons (Fsp3) is 0.818. The Morgan fingerprint density at radius 1 is 1.07 bits per heavy atom. The summed E-state index contributed by atoms with van der Waals surface area (Å²) in [5.74, 6) is -0.163. The van der Waals surface area contributed by atoms with E-state index >= 15 is 0 Å². The predicted molar refractivity (Wildman–Crippen MR) is 58.3 cm³/mol. The van der Waals surface area contributed by atoms with Crippen LogP contribution in [0.15, 0.2) is 0 Å². The molecular weight excluding hydrogens is 192 g/mol. The van der Waals surface area contributed by atoms with E-state index in [1.807, 2.05) is 0 Å². The van der Waals surface area contributed by atoms with Gasteiger partial charge >= 0.3 is 0 Å². The summed E-state index contributed by atoms with van der Waals surface area (Å²) in [6.45, 7) is 3.38. The molecule has 0 aromatic carbocycles. The number of carbonyl (C=O) groups excluding carboxylic acids is 2. The molecule has 86 valence electrons. The van der Waals surface area contributed by atoms with Crippen LogP contribution in [0.5, 0.6) is 0 Å². The van der Waals surface area contributed by atoms with Gasteiger partial charge in [-0.3, -0.25) is 19.8 Å². The summed E-state index contributed by atoms with van der Waals surface area (Å²) < 4.78 is 0. The van der Waals surface area contributed by atoms with Gasteiger partial charge in [-0.15, -0.1) is 0 Å². The first-order valence-electron chi connectivity index (χ1n) is 5.79. The molecular formula is C11H20N2O2. The van der Waals surface area contributed by atoms with Gasteiger partial charge in [-0.2, -0.15) is 0 Å². The van der Waals surface area contributed by atoms with E-state index in [0.717, 1.165) is 12.8 Å². The first-order valence-corrected chi connectivity index (χ1v) is 5.79. The Kier molecular flexibility index (Phi) is 5.32. The van der Waals surface area contributed by atoms with E-state index in [1.54, 1.807) is 0 Å². The van der Waals surface area contributed by atoms with Gasteiger partial charge in [0.15, 0.2) is 0 Å². The van der Waals surface area contributed by atoms with E-state index in [1.165, 1.54) is 24.2 Å². The first-order chi connectivity index (χ1) is 7.25. The number of carbonyl (C=O) groups is 2. The number of nitrogens with zero attached hydrogens (tertiary/aromatic N) is 1. The number of amides is 2. The molecule has 0 bridgehead atoms. The molecule has 1 N–H and O–H groups in total. The summed E-state index contributed by atoms with van der Waals surface area (Å²) in [6, 6.07) is 0. The standard InChI is InChI=1S/C11H20N2O2/c1-2-3-4-5-6-7-13-10(14)8-12-9-11(13)15/h12H,2-9H2,1H3. The van der Waals surface area contributed by atoms with E-state index < -0.39 is 0 Å². The third kappa shape index (κ3) is 4.00. The summed E-state index contributed by atoms with van der Waals surface area (Å²) in [6.07, 6.45) is 5.70. The Bertz CT molecular complexity index is 213. The molecule has 1 heterocycles. The second-order valence-electron chi connectivity index (χ2n) is 3.96. The van der Waals surface area contributed by atoms with Gasteiger partial charge in [0.2, 0.25) is 11.8 Å². The van der Waals surface area contributed by atoms with Crippen molar-refractivity contribution >= 4 is 11.8 Å². The highest BCUT2D eigenvalue weighted by molar-refractivity contribution is 5.99. The number of imide groups is 1. The summed E-state index contributed by atoms with van der Waals surface area (Å²) >= 11 is 0. The van der Waals surface area contributed by atoms with Gasteiger partial charge < -0.3 is 0 Å². The van der Waals surface area contributed by atoms with E-state index in [2.05, 4.69) is 12.2 Å². The second kappa shape index (κ2) is 6.56. The van der Waals surface area contributed by atoms with Crippen molar-refractivity contribution in [2.24, 2.45) is 0 Å². The van der Waals surface area contributed by atoms with Crippen LogP contribution in [0.4, 0.5) is 0 Å². The zero-order chi connectivity index (χ0) is 11.1. The zero-order valence-electron chi connectivity index (χ0n) is 9.42. The van der Waals surface area contributed by atoms with Crippen LogP contribution < -0.4 is 5.32 Å². The molecule has 1 rings (SSSR count). The van der Waals surface area contributed by atoms with Gasteiger partial charge in [-0.25, -0.2) is 0 Å². The van der Waals surface area contributed by atoms with Crippen molar-refractivity contribution in [1.29, 1.82) is 0 Å². The second-order valence-corrected chi connectivity index (χ2v) is 3.96. The maximum atomic E-state index is 11.4. The highest BCUT2D eigenvalue weighted by atomic mass is 16.2. The minimum absolute atomic E-state index is 0.0817. The van der Waals surface area contributed by atoms with E-state index in [0.29, 0.717) is 19.6 Å². The number of nitrogens with one attached hydrogen (secondary N) is 1. The Morgan fingerprint density at radius 2 is 1.67 bits per heavy atom. The van der Waals surface area contributed by atoms with Gasteiger partial charge in [-0.05, 0) is 6.42 Å². The molecule has 4 nitrogen and oxygen atoms in total. The Balaban J connectivity index is 2.18. The molecule has 0 spiro atoms. The molecule has 15 heavy (non-hydrogen) atoms. The average molecular weight is 212 g/mol. The lowest BCUT2D eigenvalue weighted by Gasteiger charge is -2.25. The van der Waals surface area contributed by atoms with Crippen molar-refractivity contribution in [1.82, 2.24) is 10.2 Å². The maximum absolute atomic E-state index is 11.4. The van der Waals surface area contributed by atoms with Crippen LogP contribution >= 0.6 is 0 Å². The number of unbranched alkanes of at least 4 members (excludes halogenated alkanes) is 4. The van der Waals surface area contributed by atoms with Crippen molar-refractivity contribution < 1.29 is 9.59 Å². The monoisotopic (exact) mass is 212 g/mol. The van der Waals surface area contributed by atoms with Crippen molar-refractivity contribution in [3.63, 3.8) is 0 Å². The van der Waals surface area contributed by atoms with Crippen LogP contribution in [0.3, 0.4) is 0 Å². The lowest BCUT2D eigenvalue weighted by atomic mass is 10.1. The van der Waals surface area contributed by atoms with Crippen LogP contribution in [0.2, 0.25) is 0 Å². The summed E-state index contributed by atoms with van der Waals surface area (Å²) in [5, 5.41) is 2.78. The zero-order valence-corrected chi connectivity index (χ0v) is 9.42. The largest absolute Gasteiger partial charge is 0.300 e. The van der Waals surface area contributed by atoms with Gasteiger partial charge in [0.05, 0.1) is 13.1 Å². The van der Waals surface area contributed by atoms with E-state index in [-0.39, 0.29) is 11.8 Å². The predicted octanol–water partition coefficient (Wildman–Crippen LogP) is 0.915. The van der Waals surface area contributed by atoms with Gasteiger partial charge in [-0.1, -0.05) is 32.6 Å². The van der Waals surface area contributed by atoms with E-state index in [4.69, 9.17) is 0 Å². The molecule has 0 unspecified atom stereocenters. The van der Waals surface area contributed by atoms with Crippen LogP contribution in [0.1, 0.15) is 39.0 Å². The molecule has 0 aromatic rings. The quantitative estimate of drug-likeness (QED) is 0.526. The van der Waals surface area contributed by atoms with Crippen molar-refractivity contribution in [2.45, 2.75) is 39.0 Å². The van der Waals surface area contributed by atoms with Crippen LogP contribution in [0.25, 0.3) is 0 Å². The molecule has 0 radical (unpaired) electrons. The van der Waals surface area contributed by atoms with Gasteiger partial charge in [0.1, 0.15) is 0 Å². The Morgan fingerprint density at radius 3 is 2.27 bits per heavy atom. The van der Waals surface area contributed by atoms with Crippen LogP contribution in [-0.4, -0.2) is 36.3 Å². The molecule has 0 atom stereocenters. The number of hydrogen-bond donors (Lipinski definition) is 1. The molecule has 1 saturated heterocycles. The molecule has 4 heteroatoms. The van der Waals surface area contributed by atoms with Crippen molar-refractivity contribution in [3.8, 4) is 0 Å². The fourth-order valence-corrected chi connectivity index (χ4v) is 1.73. The molecule has 0 aliphatic carbocycles. The molecule has 0 aromatic heterocycles. The number of piperazine rings is 1. The number of hydrogen-bond acceptors (Lipinski definition) is 3. The van der Waals surface area contributed by atoms with Crippen molar-refractivity contribution in [3.05, 3.63) is 0 Å². The molecule has 1 aliphatic rings. The first kappa shape index (κ1) is 12.2. The molecule has 2 amide bonds. The topological polar surface area (TPSA) is 49.4 Å². The van der Waals surface area contributed by atoms with Crippen LogP contribution in [-0.2, 0) is 9.59 Å². The van der Waals surface area contributed by atoms with Crippen LogP contribution in [0, 0.1) is 0 Å². The summed E-state index contributed by atoms with van der Waals surface area (Å²) in [5.41, 5.74) is 0. The maximum Gasteiger partial charge on any atom is 0.243 e. The summed E-state index contributed by atoms with van der Waals surface area (Å²) in [4.78, 5) is 24.1. The molecule has 1 aliphatic heterocycles. The van der Waals surface area contributed by atoms with Crippen molar-refractivity contribution in [2.75, 3.05) is 19.6 Å². The molecule has 0 saturated carbocycles. The van der Waals surface area contributed by atoms with Gasteiger partial charge in [0.25, 0.3) is 0 Å². The fourth-order valence-electron chi connectivity index (χ4n) is 1.73. The lowest BCUT2D eigenvalue weighted by molar-refractivity contribution is -0.146. The Hall–Kier alpha value is -0.900. The third-order valence-corrected chi connectivity index (χ3v) is 2.64. The third-order valence-electron chi connectivity index (χ3n) is 2.64. The summed E-state index contributed by atoms with van der Waals surface area (Å²) in [7, 11) is 0. The minimum Gasteiger partial charge on any atom is -0.300 e.